The third-order valence-corrected chi connectivity index (χ3v) is 7.37. The molecule has 1 amide bonds. The van der Waals surface area contributed by atoms with Crippen LogP contribution in [-0.2, 0) is 19.4 Å². The molecular weight excluding hydrogens is 366 g/mol. The average Bonchev–Trinajstić information content (AvgIpc) is 3.11. The van der Waals surface area contributed by atoms with Gasteiger partial charge in [-0.2, -0.15) is 0 Å². The van der Waals surface area contributed by atoms with Gasteiger partial charge in [0, 0.05) is 23.1 Å². The van der Waals surface area contributed by atoms with Gasteiger partial charge in [-0.25, -0.2) is 13.2 Å². The van der Waals surface area contributed by atoms with Crippen molar-refractivity contribution in [3.63, 3.8) is 0 Å². The van der Waals surface area contributed by atoms with Crippen LogP contribution in [0.2, 0.25) is 0 Å². The number of aliphatic carboxylic acids is 1. The lowest BCUT2D eigenvalue weighted by Gasteiger charge is -2.24. The molecule has 1 aliphatic rings. The predicted octanol–water partition coefficient (Wildman–Crippen LogP) is 2.50. The van der Waals surface area contributed by atoms with Crippen LogP contribution < -0.4 is 4.90 Å². The van der Waals surface area contributed by atoms with Crippen molar-refractivity contribution < 1.29 is 27.9 Å². The number of thiophene rings is 1. The van der Waals surface area contributed by atoms with E-state index in [-0.39, 0.29) is 13.0 Å². The highest BCUT2D eigenvalue weighted by molar-refractivity contribution is 7.92. The monoisotopic (exact) mass is 383 g/mol. The molecule has 2 aromatic rings. The van der Waals surface area contributed by atoms with Gasteiger partial charge in [0.2, 0.25) is 0 Å². The van der Waals surface area contributed by atoms with Gasteiger partial charge in [0.15, 0.2) is 14.6 Å². The van der Waals surface area contributed by atoms with E-state index < -0.39 is 32.8 Å². The van der Waals surface area contributed by atoms with Crippen molar-refractivity contribution in [2.45, 2.75) is 24.2 Å². The Morgan fingerprint density at radius 2 is 2.16 bits per heavy atom. The van der Waals surface area contributed by atoms with E-state index in [9.17, 15) is 23.1 Å². The van der Waals surface area contributed by atoms with E-state index in [1.807, 2.05) is 23.6 Å². The molecule has 3 rings (SSSR count). The number of hydrogen-bond donors (Lipinski definition) is 1. The molecule has 7 nitrogen and oxygen atoms in total. The Balaban J connectivity index is 1.83. The first kappa shape index (κ1) is 17.7. The maximum Gasteiger partial charge on any atom is 0.414 e. The van der Waals surface area contributed by atoms with Crippen LogP contribution in [0, 0.1) is 0 Å². The lowest BCUT2D eigenvalue weighted by Crippen LogP contribution is -2.46. The molecule has 0 unspecified atom stereocenters. The van der Waals surface area contributed by atoms with Gasteiger partial charge in [-0.15, -0.1) is 11.3 Å². The van der Waals surface area contributed by atoms with E-state index in [0.717, 1.165) is 23.3 Å². The highest BCUT2D eigenvalue weighted by Gasteiger charge is 2.48. The second-order valence-corrected chi connectivity index (χ2v) is 9.66. The SMILES string of the molecule is C[C@@](C[C@H]1CN(c2ccc3ccsc3c2)C(=O)O1)(C(=O)O)S(C)(=O)=O. The number of carbonyl (C=O) groups is 2. The Hall–Kier alpha value is -2.13. The van der Waals surface area contributed by atoms with Crippen LogP contribution in [0.3, 0.4) is 0 Å². The summed E-state index contributed by atoms with van der Waals surface area (Å²) in [5.41, 5.74) is 0.638. The van der Waals surface area contributed by atoms with Crippen LogP contribution in [0.4, 0.5) is 10.5 Å². The van der Waals surface area contributed by atoms with Crippen molar-refractivity contribution in [2.24, 2.45) is 0 Å². The molecule has 1 aliphatic heterocycles. The van der Waals surface area contributed by atoms with Gasteiger partial charge in [0.25, 0.3) is 0 Å². The summed E-state index contributed by atoms with van der Waals surface area (Å²) >= 11 is 1.54. The number of fused-ring (bicyclic) bond motifs is 1. The van der Waals surface area contributed by atoms with Crippen molar-refractivity contribution >= 4 is 49.0 Å². The number of hydrogen-bond acceptors (Lipinski definition) is 6. The summed E-state index contributed by atoms with van der Waals surface area (Å²) in [6.45, 7) is 1.24. The first-order chi connectivity index (χ1) is 11.6. The summed E-state index contributed by atoms with van der Waals surface area (Å²) in [5.74, 6) is -1.45. The van der Waals surface area contributed by atoms with Crippen LogP contribution in [0.5, 0.6) is 0 Å². The number of carbonyl (C=O) groups excluding carboxylic acids is 1. The van der Waals surface area contributed by atoms with E-state index in [0.29, 0.717) is 5.69 Å². The first-order valence-electron chi connectivity index (χ1n) is 7.50. The Bertz CT molecular complexity index is 950. The fourth-order valence-corrected chi connectivity index (χ4v) is 4.41. The summed E-state index contributed by atoms with van der Waals surface area (Å²) in [4.78, 5) is 25.0. The van der Waals surface area contributed by atoms with Crippen LogP contribution in [0.25, 0.3) is 10.1 Å². The highest BCUT2D eigenvalue weighted by atomic mass is 32.2. The molecule has 0 spiro atoms. The molecule has 1 saturated heterocycles. The van der Waals surface area contributed by atoms with E-state index in [1.54, 1.807) is 17.4 Å². The second kappa shape index (κ2) is 5.99. The van der Waals surface area contributed by atoms with Gasteiger partial charge < -0.3 is 9.84 Å². The number of cyclic esters (lactones) is 1. The van der Waals surface area contributed by atoms with Crippen molar-refractivity contribution in [3.8, 4) is 0 Å². The van der Waals surface area contributed by atoms with Crippen LogP contribution in [-0.4, -0.2) is 49.2 Å². The fourth-order valence-electron chi connectivity index (χ4n) is 2.78. The minimum atomic E-state index is -3.88. The van der Waals surface area contributed by atoms with Crippen LogP contribution >= 0.6 is 11.3 Å². The van der Waals surface area contributed by atoms with E-state index in [2.05, 4.69) is 0 Å². The lowest BCUT2D eigenvalue weighted by molar-refractivity contribution is -0.140. The maximum absolute atomic E-state index is 12.2. The minimum Gasteiger partial charge on any atom is -0.480 e. The smallest absolute Gasteiger partial charge is 0.414 e. The fraction of sp³-hybridized carbons (Fsp3) is 0.375. The number of sulfone groups is 1. The highest BCUT2D eigenvalue weighted by Crippen LogP contribution is 2.32. The predicted molar refractivity (Wildman–Crippen MR) is 94.9 cm³/mol. The Morgan fingerprint density at radius 1 is 1.44 bits per heavy atom. The summed E-state index contributed by atoms with van der Waals surface area (Å²) < 4.78 is 28.0. The largest absolute Gasteiger partial charge is 0.480 e. The number of carboxylic acid groups (broad SMARTS) is 1. The molecule has 25 heavy (non-hydrogen) atoms. The average molecular weight is 383 g/mol. The molecular formula is C16H17NO6S2. The topological polar surface area (TPSA) is 101 Å². The van der Waals surface area contributed by atoms with Crippen molar-refractivity contribution in [1.82, 2.24) is 0 Å². The zero-order chi connectivity index (χ0) is 18.4. The number of benzene rings is 1. The number of nitrogens with zero attached hydrogens (tertiary/aromatic N) is 1. The van der Waals surface area contributed by atoms with Gasteiger partial charge in [-0.1, -0.05) is 6.07 Å². The number of anilines is 1. The molecule has 2 heterocycles. The normalized spacial score (nSPS) is 20.5. The third-order valence-electron chi connectivity index (χ3n) is 4.51. The standard InChI is InChI=1S/C16H17NO6S2/c1-16(14(18)19,25(2,21)22)8-12-9-17(15(20)23-12)11-4-3-10-5-6-24-13(10)7-11/h3-7,12H,8-9H2,1-2H3,(H,18,19)/t12-,16+/m0/s1. The summed E-state index contributed by atoms with van der Waals surface area (Å²) in [5, 5.41) is 12.4. The molecule has 0 aliphatic carbocycles. The summed E-state index contributed by atoms with van der Waals surface area (Å²) in [6.07, 6.45) is -0.852. The molecule has 2 atom stereocenters. The maximum atomic E-state index is 12.2. The summed E-state index contributed by atoms with van der Waals surface area (Å²) in [7, 11) is -3.88. The Kier molecular flexibility index (Phi) is 4.24. The number of carboxylic acids is 1. The third kappa shape index (κ3) is 3.09. The number of ether oxygens (including phenoxy) is 1. The molecule has 0 saturated carbocycles. The quantitative estimate of drug-likeness (QED) is 0.851. The van der Waals surface area contributed by atoms with Crippen LogP contribution in [0.1, 0.15) is 13.3 Å². The Labute approximate surface area is 148 Å². The number of rotatable bonds is 5. The van der Waals surface area contributed by atoms with Gasteiger partial charge in [-0.05, 0) is 35.9 Å². The van der Waals surface area contributed by atoms with Crippen molar-refractivity contribution in [1.29, 1.82) is 0 Å². The number of amides is 1. The molecule has 1 N–H and O–H groups in total. The molecule has 0 bridgehead atoms. The molecule has 1 fully saturated rings. The first-order valence-corrected chi connectivity index (χ1v) is 10.3. The van der Waals surface area contributed by atoms with Gasteiger partial charge in [-0.3, -0.25) is 9.69 Å². The molecule has 1 aromatic carbocycles. The molecule has 0 radical (unpaired) electrons. The second-order valence-electron chi connectivity index (χ2n) is 6.27. The van der Waals surface area contributed by atoms with Crippen LogP contribution in [0.15, 0.2) is 29.6 Å². The Morgan fingerprint density at radius 3 is 2.80 bits per heavy atom. The van der Waals surface area contributed by atoms with Gasteiger partial charge in [0.1, 0.15) is 6.10 Å². The lowest BCUT2D eigenvalue weighted by atomic mass is 10.0. The van der Waals surface area contributed by atoms with E-state index in [1.165, 1.54) is 4.90 Å². The zero-order valence-corrected chi connectivity index (χ0v) is 15.3. The van der Waals surface area contributed by atoms with Gasteiger partial charge >= 0.3 is 12.1 Å². The van der Waals surface area contributed by atoms with Crippen molar-refractivity contribution in [3.05, 3.63) is 29.6 Å². The molecule has 134 valence electrons. The molecule has 1 aromatic heterocycles. The van der Waals surface area contributed by atoms with Crippen molar-refractivity contribution in [2.75, 3.05) is 17.7 Å². The van der Waals surface area contributed by atoms with Gasteiger partial charge in [0.05, 0.1) is 6.54 Å². The van der Waals surface area contributed by atoms with E-state index >= 15 is 0 Å². The van der Waals surface area contributed by atoms with E-state index in [4.69, 9.17) is 4.74 Å². The minimum absolute atomic E-state index is 0.105. The zero-order valence-electron chi connectivity index (χ0n) is 13.6. The molecule has 9 heteroatoms. The summed E-state index contributed by atoms with van der Waals surface area (Å²) in [6, 6.07) is 7.50.